The first-order chi connectivity index (χ1) is 12.3. The van der Waals surface area contributed by atoms with Gasteiger partial charge in [-0.3, -0.25) is 4.99 Å². The first-order valence-electron chi connectivity index (χ1n) is 8.36. The van der Waals surface area contributed by atoms with Crippen molar-refractivity contribution in [2.45, 2.75) is 19.5 Å². The molecule has 3 aromatic rings. The van der Waals surface area contributed by atoms with Gasteiger partial charge in [0.15, 0.2) is 5.96 Å². The number of aliphatic imine (C=N–C) groups is 1. The molecule has 0 aliphatic rings. The molecule has 0 atom stereocenters. The van der Waals surface area contributed by atoms with E-state index < -0.39 is 0 Å². The lowest BCUT2D eigenvalue weighted by molar-refractivity contribution is 0.602. The van der Waals surface area contributed by atoms with Crippen molar-refractivity contribution >= 4 is 17.0 Å². The molecule has 0 amide bonds. The largest absolute Gasteiger partial charge is 0.356 e. The normalized spacial score (nSPS) is 11.7. The molecule has 2 aromatic carbocycles. The van der Waals surface area contributed by atoms with Crippen LogP contribution in [0.3, 0.4) is 0 Å². The van der Waals surface area contributed by atoms with Crippen molar-refractivity contribution in [2.75, 3.05) is 13.6 Å². The van der Waals surface area contributed by atoms with Crippen LogP contribution in [0.4, 0.5) is 4.39 Å². The lowest BCUT2D eigenvalue weighted by atomic mass is 10.2. The van der Waals surface area contributed by atoms with Crippen LogP contribution < -0.4 is 10.6 Å². The number of rotatable bonds is 6. The summed E-state index contributed by atoms with van der Waals surface area (Å²) < 4.78 is 15.8. The second-order valence-electron chi connectivity index (χ2n) is 5.72. The summed E-state index contributed by atoms with van der Waals surface area (Å²) in [7, 11) is 1.71. The molecule has 130 valence electrons. The number of benzene rings is 2. The van der Waals surface area contributed by atoms with E-state index in [-0.39, 0.29) is 5.82 Å². The lowest BCUT2D eigenvalue weighted by Gasteiger charge is -2.12. The van der Waals surface area contributed by atoms with Gasteiger partial charge in [0.05, 0.1) is 17.4 Å². The lowest BCUT2D eigenvalue weighted by Crippen LogP contribution is -2.37. The van der Waals surface area contributed by atoms with Crippen LogP contribution in [-0.2, 0) is 13.1 Å². The number of para-hydroxylation sites is 2. The van der Waals surface area contributed by atoms with Gasteiger partial charge in [-0.05, 0) is 24.6 Å². The van der Waals surface area contributed by atoms with Gasteiger partial charge in [-0.1, -0.05) is 30.3 Å². The third-order valence-corrected chi connectivity index (χ3v) is 4.02. The number of guanidine groups is 1. The predicted octanol–water partition coefficient (Wildman–Crippen LogP) is 2.93. The maximum absolute atomic E-state index is 13.6. The monoisotopic (exact) mass is 339 g/mol. The van der Waals surface area contributed by atoms with Crippen molar-refractivity contribution in [3.05, 3.63) is 66.2 Å². The fourth-order valence-electron chi connectivity index (χ4n) is 2.69. The number of aryl methyl sites for hydroxylation is 1. The van der Waals surface area contributed by atoms with Crippen molar-refractivity contribution in [1.82, 2.24) is 20.2 Å². The summed E-state index contributed by atoms with van der Waals surface area (Å²) >= 11 is 0. The molecule has 25 heavy (non-hydrogen) atoms. The van der Waals surface area contributed by atoms with E-state index in [0.717, 1.165) is 30.5 Å². The number of nitrogens with one attached hydrogen (secondary N) is 2. The molecule has 1 aromatic heterocycles. The zero-order chi connectivity index (χ0) is 17.5. The van der Waals surface area contributed by atoms with Crippen LogP contribution in [0.5, 0.6) is 0 Å². The molecule has 3 rings (SSSR count). The maximum Gasteiger partial charge on any atom is 0.191 e. The smallest absolute Gasteiger partial charge is 0.191 e. The highest BCUT2D eigenvalue weighted by molar-refractivity contribution is 5.79. The van der Waals surface area contributed by atoms with E-state index in [1.807, 2.05) is 30.6 Å². The Balaban J connectivity index is 1.45. The van der Waals surface area contributed by atoms with Crippen LogP contribution in [0.1, 0.15) is 12.0 Å². The number of aromatic nitrogens is 2. The van der Waals surface area contributed by atoms with Crippen LogP contribution in [-0.4, -0.2) is 29.1 Å². The highest BCUT2D eigenvalue weighted by Gasteiger charge is 2.03. The number of fused-ring (bicyclic) bond motifs is 1. The Morgan fingerprint density at radius 1 is 1.12 bits per heavy atom. The minimum Gasteiger partial charge on any atom is -0.356 e. The number of nitrogens with zero attached hydrogens (tertiary/aromatic N) is 3. The number of hydrogen-bond acceptors (Lipinski definition) is 2. The highest BCUT2D eigenvalue weighted by Crippen LogP contribution is 2.11. The van der Waals surface area contributed by atoms with Crippen LogP contribution in [0.2, 0.25) is 0 Å². The molecule has 0 radical (unpaired) electrons. The first-order valence-corrected chi connectivity index (χ1v) is 8.36. The molecule has 0 saturated carbocycles. The summed E-state index contributed by atoms with van der Waals surface area (Å²) in [6, 6.07) is 14.8. The van der Waals surface area contributed by atoms with Crippen LogP contribution in [0, 0.1) is 5.82 Å². The fraction of sp³-hybridized carbons (Fsp3) is 0.263. The SMILES string of the molecule is CN=C(NCCCn1cnc2ccccc21)NCc1ccccc1F. The van der Waals surface area contributed by atoms with Gasteiger partial charge in [0, 0.05) is 32.2 Å². The summed E-state index contributed by atoms with van der Waals surface area (Å²) in [5, 5.41) is 6.38. The Bertz CT molecular complexity index is 856. The van der Waals surface area contributed by atoms with E-state index in [9.17, 15) is 4.39 Å². The molecular weight excluding hydrogens is 317 g/mol. The second kappa shape index (κ2) is 8.28. The number of halogens is 1. The van der Waals surface area contributed by atoms with Crippen LogP contribution in [0.25, 0.3) is 11.0 Å². The Morgan fingerprint density at radius 2 is 1.92 bits per heavy atom. The summed E-state index contributed by atoms with van der Waals surface area (Å²) in [6.45, 7) is 2.04. The van der Waals surface area contributed by atoms with Gasteiger partial charge in [0.25, 0.3) is 0 Å². The summed E-state index contributed by atoms with van der Waals surface area (Å²) in [5.74, 6) is 0.455. The van der Waals surface area contributed by atoms with Gasteiger partial charge in [0.2, 0.25) is 0 Å². The Hall–Kier alpha value is -2.89. The first kappa shape index (κ1) is 17.0. The van der Waals surface area contributed by atoms with Crippen molar-refractivity contribution in [3.63, 3.8) is 0 Å². The van der Waals surface area contributed by atoms with Gasteiger partial charge < -0.3 is 15.2 Å². The molecule has 1 heterocycles. The molecule has 6 heteroatoms. The molecule has 0 saturated heterocycles. The van der Waals surface area contributed by atoms with Gasteiger partial charge in [-0.2, -0.15) is 0 Å². The zero-order valence-electron chi connectivity index (χ0n) is 14.2. The second-order valence-corrected chi connectivity index (χ2v) is 5.72. The van der Waals surface area contributed by atoms with Crippen LogP contribution in [0.15, 0.2) is 59.9 Å². The van der Waals surface area contributed by atoms with E-state index >= 15 is 0 Å². The molecule has 0 fully saturated rings. The maximum atomic E-state index is 13.6. The van der Waals surface area contributed by atoms with Gasteiger partial charge in [-0.15, -0.1) is 0 Å². The van der Waals surface area contributed by atoms with Crippen molar-refractivity contribution < 1.29 is 4.39 Å². The quantitative estimate of drug-likeness (QED) is 0.412. The van der Waals surface area contributed by atoms with Crippen molar-refractivity contribution in [1.29, 1.82) is 0 Å². The number of imidazole rings is 1. The molecule has 0 spiro atoms. The predicted molar refractivity (Wildman–Crippen MR) is 99.0 cm³/mol. The van der Waals surface area contributed by atoms with Gasteiger partial charge >= 0.3 is 0 Å². The molecule has 2 N–H and O–H groups in total. The Kier molecular flexibility index (Phi) is 5.61. The molecular formula is C19H22FN5. The molecule has 0 unspecified atom stereocenters. The minimum atomic E-state index is -0.211. The number of hydrogen-bond donors (Lipinski definition) is 2. The minimum absolute atomic E-state index is 0.211. The van der Waals surface area contributed by atoms with Crippen molar-refractivity contribution in [2.24, 2.45) is 4.99 Å². The van der Waals surface area contributed by atoms with E-state index in [1.54, 1.807) is 19.2 Å². The van der Waals surface area contributed by atoms with Gasteiger partial charge in [0.1, 0.15) is 5.82 Å². The molecule has 5 nitrogen and oxygen atoms in total. The standard InChI is InChI=1S/C19H22FN5/c1-21-19(23-13-15-7-2-3-8-16(15)20)22-11-6-12-25-14-24-17-9-4-5-10-18(17)25/h2-5,7-10,14H,6,11-13H2,1H3,(H2,21,22,23). The summed E-state index contributed by atoms with van der Waals surface area (Å²) in [6.07, 6.45) is 2.80. The zero-order valence-corrected chi connectivity index (χ0v) is 14.2. The van der Waals surface area contributed by atoms with E-state index in [2.05, 4.69) is 31.2 Å². The van der Waals surface area contributed by atoms with E-state index in [4.69, 9.17) is 0 Å². The average molecular weight is 339 g/mol. The third-order valence-electron chi connectivity index (χ3n) is 4.02. The fourth-order valence-corrected chi connectivity index (χ4v) is 2.69. The summed E-state index contributed by atoms with van der Waals surface area (Å²) in [5.41, 5.74) is 2.78. The summed E-state index contributed by atoms with van der Waals surface area (Å²) in [4.78, 5) is 8.56. The van der Waals surface area contributed by atoms with E-state index in [1.165, 1.54) is 6.07 Å². The molecule has 0 bridgehead atoms. The topological polar surface area (TPSA) is 54.2 Å². The van der Waals surface area contributed by atoms with E-state index in [0.29, 0.717) is 18.1 Å². The van der Waals surface area contributed by atoms with Gasteiger partial charge in [-0.25, -0.2) is 9.37 Å². The molecule has 0 aliphatic carbocycles. The highest BCUT2D eigenvalue weighted by atomic mass is 19.1. The average Bonchev–Trinajstić information content (AvgIpc) is 3.05. The van der Waals surface area contributed by atoms with Crippen molar-refractivity contribution in [3.8, 4) is 0 Å². The third kappa shape index (κ3) is 4.35. The molecule has 0 aliphatic heterocycles. The van der Waals surface area contributed by atoms with Crippen LogP contribution >= 0.6 is 0 Å². The Morgan fingerprint density at radius 3 is 2.76 bits per heavy atom. The Labute approximate surface area is 146 Å².